The summed E-state index contributed by atoms with van der Waals surface area (Å²) >= 11 is 0. The Kier molecular flexibility index (Phi) is 5.60. The van der Waals surface area contributed by atoms with Gasteiger partial charge >= 0.3 is 5.97 Å². The van der Waals surface area contributed by atoms with E-state index in [1.807, 2.05) is 30.0 Å². The highest BCUT2D eigenvalue weighted by Crippen LogP contribution is 2.30. The number of ether oxygens (including phenoxy) is 1. The molecule has 0 bridgehead atoms. The standard InChI is InChI=1S/C23H28N2O3/c1-16-10-11-20-18(14-16)22(17-8-4-5-9-19(17)24-20)23(27)28-15-21(26)25-12-6-2-3-7-13-25/h10-11,14H,2-9,12-13,15H2,1H3. The van der Waals surface area contributed by atoms with Gasteiger partial charge in [-0.3, -0.25) is 9.78 Å². The monoisotopic (exact) mass is 380 g/mol. The van der Waals surface area contributed by atoms with Gasteiger partial charge in [-0.2, -0.15) is 0 Å². The third kappa shape index (κ3) is 3.89. The Morgan fingerprint density at radius 1 is 1.04 bits per heavy atom. The SMILES string of the molecule is Cc1ccc2nc3c(c(C(=O)OCC(=O)N4CCCCCC4)c2c1)CCCC3. The van der Waals surface area contributed by atoms with Gasteiger partial charge in [0.2, 0.25) is 0 Å². The van der Waals surface area contributed by atoms with Crippen molar-refractivity contribution in [3.05, 3.63) is 40.6 Å². The molecule has 1 aliphatic carbocycles. The van der Waals surface area contributed by atoms with E-state index in [2.05, 4.69) is 0 Å². The molecule has 0 spiro atoms. The van der Waals surface area contributed by atoms with Crippen LogP contribution in [0.2, 0.25) is 0 Å². The highest BCUT2D eigenvalue weighted by atomic mass is 16.5. The molecular formula is C23H28N2O3. The first kappa shape index (κ1) is 18.9. The highest BCUT2D eigenvalue weighted by molar-refractivity contribution is 6.05. The number of rotatable bonds is 3. The molecule has 28 heavy (non-hydrogen) atoms. The summed E-state index contributed by atoms with van der Waals surface area (Å²) in [4.78, 5) is 32.2. The van der Waals surface area contributed by atoms with Crippen LogP contribution >= 0.6 is 0 Å². The second kappa shape index (κ2) is 8.29. The lowest BCUT2D eigenvalue weighted by Crippen LogP contribution is -2.35. The van der Waals surface area contributed by atoms with E-state index in [-0.39, 0.29) is 18.5 Å². The largest absolute Gasteiger partial charge is 0.452 e. The van der Waals surface area contributed by atoms with Crippen molar-refractivity contribution in [1.29, 1.82) is 0 Å². The minimum atomic E-state index is -0.390. The van der Waals surface area contributed by atoms with Crippen molar-refractivity contribution in [2.45, 2.75) is 58.3 Å². The zero-order valence-corrected chi connectivity index (χ0v) is 16.6. The number of likely N-dealkylation sites (tertiary alicyclic amines) is 1. The van der Waals surface area contributed by atoms with Gasteiger partial charge in [0.15, 0.2) is 6.61 Å². The van der Waals surface area contributed by atoms with Gasteiger partial charge in [0.1, 0.15) is 0 Å². The maximum Gasteiger partial charge on any atom is 0.339 e. The molecule has 1 aromatic heterocycles. The van der Waals surface area contributed by atoms with Crippen LogP contribution in [-0.2, 0) is 22.4 Å². The van der Waals surface area contributed by atoms with Crippen molar-refractivity contribution in [3.63, 3.8) is 0 Å². The number of esters is 1. The van der Waals surface area contributed by atoms with Gasteiger partial charge in [-0.15, -0.1) is 0 Å². The smallest absolute Gasteiger partial charge is 0.339 e. The number of amides is 1. The van der Waals surface area contributed by atoms with E-state index in [0.29, 0.717) is 5.56 Å². The summed E-state index contributed by atoms with van der Waals surface area (Å²) in [6.45, 7) is 3.37. The Balaban J connectivity index is 1.59. The van der Waals surface area contributed by atoms with Crippen LogP contribution in [0.3, 0.4) is 0 Å². The lowest BCUT2D eigenvalue weighted by molar-refractivity contribution is -0.134. The van der Waals surface area contributed by atoms with Crippen LogP contribution in [0.1, 0.15) is 65.7 Å². The minimum Gasteiger partial charge on any atom is -0.452 e. The first-order chi connectivity index (χ1) is 13.6. The predicted molar refractivity (Wildman–Crippen MR) is 108 cm³/mol. The van der Waals surface area contributed by atoms with Crippen LogP contribution in [0, 0.1) is 6.92 Å². The van der Waals surface area contributed by atoms with Crippen LogP contribution in [0.4, 0.5) is 0 Å². The molecule has 0 radical (unpaired) electrons. The Bertz CT molecular complexity index is 898. The molecule has 0 N–H and O–H groups in total. The molecule has 2 heterocycles. The Labute approximate surface area is 166 Å². The molecular weight excluding hydrogens is 352 g/mol. The quantitative estimate of drug-likeness (QED) is 0.756. The number of hydrogen-bond acceptors (Lipinski definition) is 4. The normalized spacial score (nSPS) is 17.1. The van der Waals surface area contributed by atoms with Crippen LogP contribution in [0.5, 0.6) is 0 Å². The Morgan fingerprint density at radius 2 is 1.79 bits per heavy atom. The molecule has 0 unspecified atom stereocenters. The summed E-state index contributed by atoms with van der Waals surface area (Å²) in [6.07, 6.45) is 8.28. The maximum atomic E-state index is 13.1. The number of aryl methyl sites for hydroxylation is 2. The number of aromatic nitrogens is 1. The van der Waals surface area contributed by atoms with E-state index in [9.17, 15) is 9.59 Å². The fraction of sp³-hybridized carbons (Fsp3) is 0.522. The summed E-state index contributed by atoms with van der Waals surface area (Å²) in [5.74, 6) is -0.474. The van der Waals surface area contributed by atoms with Gasteiger partial charge in [0.05, 0.1) is 11.1 Å². The summed E-state index contributed by atoms with van der Waals surface area (Å²) in [7, 11) is 0. The molecule has 2 aliphatic rings. The molecule has 1 saturated heterocycles. The molecule has 2 aromatic rings. The van der Waals surface area contributed by atoms with Crippen molar-refractivity contribution < 1.29 is 14.3 Å². The molecule has 5 nitrogen and oxygen atoms in total. The van der Waals surface area contributed by atoms with Crippen molar-refractivity contribution >= 4 is 22.8 Å². The van der Waals surface area contributed by atoms with Crippen molar-refractivity contribution in [2.75, 3.05) is 19.7 Å². The van der Waals surface area contributed by atoms with Gasteiger partial charge < -0.3 is 9.64 Å². The van der Waals surface area contributed by atoms with E-state index in [1.54, 1.807) is 0 Å². The molecule has 148 valence electrons. The number of pyridine rings is 1. The van der Waals surface area contributed by atoms with E-state index in [1.165, 1.54) is 0 Å². The number of fused-ring (bicyclic) bond motifs is 2. The molecule has 1 fully saturated rings. The van der Waals surface area contributed by atoms with Gasteiger partial charge in [-0.05, 0) is 63.1 Å². The Morgan fingerprint density at radius 3 is 2.57 bits per heavy atom. The number of hydrogen-bond donors (Lipinski definition) is 0. The average Bonchev–Trinajstić information content (AvgIpc) is 2.99. The third-order valence-corrected chi connectivity index (χ3v) is 5.91. The van der Waals surface area contributed by atoms with Gasteiger partial charge in [-0.25, -0.2) is 4.79 Å². The molecule has 0 atom stereocenters. The van der Waals surface area contributed by atoms with Gasteiger partial charge in [0.25, 0.3) is 5.91 Å². The summed E-state index contributed by atoms with van der Waals surface area (Å²) in [5.41, 5.74) is 4.55. The fourth-order valence-corrected chi connectivity index (χ4v) is 4.38. The molecule has 1 aliphatic heterocycles. The average molecular weight is 380 g/mol. The summed E-state index contributed by atoms with van der Waals surface area (Å²) in [5, 5.41) is 0.841. The minimum absolute atomic E-state index is 0.0846. The molecule has 4 rings (SSSR count). The van der Waals surface area contributed by atoms with Crippen molar-refractivity contribution in [1.82, 2.24) is 9.88 Å². The molecule has 0 saturated carbocycles. The van der Waals surface area contributed by atoms with Gasteiger partial charge in [-0.1, -0.05) is 24.5 Å². The Hall–Kier alpha value is -2.43. The molecule has 1 aromatic carbocycles. The van der Waals surface area contributed by atoms with Gasteiger partial charge in [0, 0.05) is 24.2 Å². The molecule has 1 amide bonds. The summed E-state index contributed by atoms with van der Waals surface area (Å²) < 4.78 is 5.54. The summed E-state index contributed by atoms with van der Waals surface area (Å²) in [6, 6.07) is 5.99. The van der Waals surface area contributed by atoms with Crippen molar-refractivity contribution in [3.8, 4) is 0 Å². The number of nitrogens with zero attached hydrogens (tertiary/aromatic N) is 2. The van der Waals surface area contributed by atoms with E-state index < -0.39 is 0 Å². The first-order valence-electron chi connectivity index (χ1n) is 10.5. The second-order valence-electron chi connectivity index (χ2n) is 8.01. The molecule has 5 heteroatoms. The number of carbonyl (C=O) groups is 2. The first-order valence-corrected chi connectivity index (χ1v) is 10.5. The lowest BCUT2D eigenvalue weighted by Gasteiger charge is -2.22. The maximum absolute atomic E-state index is 13.1. The highest BCUT2D eigenvalue weighted by Gasteiger charge is 2.25. The zero-order chi connectivity index (χ0) is 19.5. The number of carbonyl (C=O) groups excluding carboxylic acids is 2. The zero-order valence-electron chi connectivity index (χ0n) is 16.6. The predicted octanol–water partition coefficient (Wildman–Crippen LogP) is 3.98. The van der Waals surface area contributed by atoms with E-state index in [4.69, 9.17) is 9.72 Å². The topological polar surface area (TPSA) is 59.5 Å². The lowest BCUT2D eigenvalue weighted by atomic mass is 9.89. The van der Waals surface area contributed by atoms with E-state index in [0.717, 1.165) is 92.2 Å². The van der Waals surface area contributed by atoms with E-state index >= 15 is 0 Å². The second-order valence-corrected chi connectivity index (χ2v) is 8.01. The van der Waals surface area contributed by atoms with Crippen LogP contribution in [0.25, 0.3) is 10.9 Å². The van der Waals surface area contributed by atoms with Crippen LogP contribution in [0.15, 0.2) is 18.2 Å². The number of benzene rings is 1. The third-order valence-electron chi connectivity index (χ3n) is 5.91. The van der Waals surface area contributed by atoms with Crippen LogP contribution in [-0.4, -0.2) is 41.5 Å². The fourth-order valence-electron chi connectivity index (χ4n) is 4.38. The van der Waals surface area contributed by atoms with Crippen molar-refractivity contribution in [2.24, 2.45) is 0 Å². The van der Waals surface area contributed by atoms with Crippen LogP contribution < -0.4 is 0 Å².